The number of aryl methyl sites for hydroxylation is 2. The zero-order valence-electron chi connectivity index (χ0n) is 18.0. The molecule has 2 aromatic carbocycles. The molecule has 1 saturated carbocycles. The van der Waals surface area contributed by atoms with Crippen molar-refractivity contribution in [3.8, 4) is 17.2 Å². The molecule has 1 aliphatic heterocycles. The van der Waals surface area contributed by atoms with Gasteiger partial charge < -0.3 is 15.2 Å². The lowest BCUT2D eigenvalue weighted by atomic mass is 10.0. The summed E-state index contributed by atoms with van der Waals surface area (Å²) in [7, 11) is 0. The number of carbonyl (C=O) groups is 1. The minimum absolute atomic E-state index is 0.456. The normalized spacial score (nSPS) is 15.3. The van der Waals surface area contributed by atoms with Gasteiger partial charge in [0, 0.05) is 13.1 Å². The van der Waals surface area contributed by atoms with Crippen LogP contribution in [0.25, 0.3) is 0 Å². The number of amides is 1. The van der Waals surface area contributed by atoms with Gasteiger partial charge in [-0.3, -0.25) is 4.90 Å². The Morgan fingerprint density at radius 1 is 1.13 bits per heavy atom. The molecule has 30 heavy (non-hydrogen) atoms. The Hall–Kier alpha value is -2.53. The van der Waals surface area contributed by atoms with Crippen LogP contribution in [0.15, 0.2) is 36.4 Å². The molecule has 0 aromatic heterocycles. The van der Waals surface area contributed by atoms with E-state index in [1.165, 1.54) is 36.9 Å². The van der Waals surface area contributed by atoms with E-state index in [2.05, 4.69) is 36.9 Å². The van der Waals surface area contributed by atoms with Gasteiger partial charge in [-0.25, -0.2) is 4.79 Å². The highest BCUT2D eigenvalue weighted by atomic mass is 16.5. The second-order valence-corrected chi connectivity index (χ2v) is 9.10. The topological polar surface area (TPSA) is 64.8 Å². The fraction of sp³-hybridized carbons (Fsp3) is 0.480. The van der Waals surface area contributed by atoms with E-state index in [9.17, 15) is 4.79 Å². The maximum Gasteiger partial charge on any atom is 0.409 e. The summed E-state index contributed by atoms with van der Waals surface area (Å²) in [6.07, 6.45) is 4.94. The quantitative estimate of drug-likeness (QED) is 0.644. The molecular weight excluding hydrogens is 376 g/mol. The van der Waals surface area contributed by atoms with Crippen LogP contribution < -0.4 is 15.2 Å². The van der Waals surface area contributed by atoms with Crippen LogP contribution in [0.5, 0.6) is 17.2 Å². The molecule has 4 rings (SSSR count). The minimum atomic E-state index is -0.800. The van der Waals surface area contributed by atoms with Crippen molar-refractivity contribution in [1.29, 1.82) is 0 Å². The molecule has 2 aromatic rings. The number of nitrogens with zero attached hydrogens (tertiary/aromatic N) is 1. The number of primary amides is 1. The first kappa shape index (κ1) is 20.7. The molecule has 2 aliphatic rings. The highest BCUT2D eigenvalue weighted by Crippen LogP contribution is 2.36. The molecule has 1 aliphatic carbocycles. The van der Waals surface area contributed by atoms with Crippen molar-refractivity contribution >= 4 is 6.09 Å². The molecule has 0 spiro atoms. The zero-order valence-corrected chi connectivity index (χ0v) is 18.0. The Bertz CT molecular complexity index is 905. The number of ether oxygens (including phenoxy) is 2. The Balaban J connectivity index is 1.46. The van der Waals surface area contributed by atoms with Gasteiger partial charge >= 0.3 is 6.09 Å². The van der Waals surface area contributed by atoms with E-state index in [1.807, 2.05) is 12.1 Å². The maximum atomic E-state index is 11.0. The van der Waals surface area contributed by atoms with E-state index in [-0.39, 0.29) is 0 Å². The van der Waals surface area contributed by atoms with E-state index in [4.69, 9.17) is 15.2 Å². The average molecular weight is 409 g/mol. The molecule has 0 bridgehead atoms. The Morgan fingerprint density at radius 3 is 2.50 bits per heavy atom. The van der Waals surface area contributed by atoms with Gasteiger partial charge in [0.05, 0.1) is 0 Å². The summed E-state index contributed by atoms with van der Waals surface area (Å²) < 4.78 is 11.2. The predicted octanol–water partition coefficient (Wildman–Crippen LogP) is 5.29. The molecule has 1 heterocycles. The fourth-order valence-electron chi connectivity index (χ4n) is 4.04. The van der Waals surface area contributed by atoms with Crippen molar-refractivity contribution < 1.29 is 14.3 Å². The average Bonchev–Trinajstić information content (AvgIpc) is 3.52. The van der Waals surface area contributed by atoms with E-state index in [0.29, 0.717) is 5.75 Å². The number of rotatable bonds is 8. The summed E-state index contributed by atoms with van der Waals surface area (Å²) in [5.74, 6) is 3.81. The van der Waals surface area contributed by atoms with E-state index in [0.717, 1.165) is 54.8 Å². The van der Waals surface area contributed by atoms with Gasteiger partial charge in [-0.05, 0) is 91.4 Å². The van der Waals surface area contributed by atoms with Crippen LogP contribution in [0, 0.1) is 11.8 Å². The standard InChI is InChI=1S/C25H32N2O3/c1-17(2)11-12-27(15-18-3-4-18)16-19-5-9-23-20(13-19)6-7-21-14-22(29-25(26)28)8-10-24(21)30-23/h5,8-10,13-14,17-18H,3-4,6-7,11-12,15-16H2,1-2H3,(H2,26,28). The van der Waals surface area contributed by atoms with E-state index >= 15 is 0 Å². The SMILES string of the molecule is CC(C)CCN(Cc1ccc2c(c1)CCc1cc(OC(N)=O)ccc1O2)CC1CC1. The van der Waals surface area contributed by atoms with Crippen molar-refractivity contribution in [2.45, 2.75) is 52.5 Å². The summed E-state index contributed by atoms with van der Waals surface area (Å²) in [6.45, 7) is 7.98. The van der Waals surface area contributed by atoms with E-state index < -0.39 is 6.09 Å². The summed E-state index contributed by atoms with van der Waals surface area (Å²) in [5.41, 5.74) is 8.74. The molecule has 0 radical (unpaired) electrons. The van der Waals surface area contributed by atoms with E-state index in [1.54, 1.807) is 6.07 Å². The van der Waals surface area contributed by atoms with Crippen molar-refractivity contribution in [1.82, 2.24) is 4.90 Å². The number of nitrogens with two attached hydrogens (primary N) is 1. The molecule has 0 unspecified atom stereocenters. The lowest BCUT2D eigenvalue weighted by Gasteiger charge is -2.24. The predicted molar refractivity (Wildman–Crippen MR) is 118 cm³/mol. The Kier molecular flexibility index (Phi) is 6.28. The molecule has 2 N–H and O–H groups in total. The molecule has 1 fully saturated rings. The molecule has 0 saturated heterocycles. The Labute approximate surface area is 179 Å². The first-order valence-corrected chi connectivity index (χ1v) is 11.1. The third kappa shape index (κ3) is 5.54. The second kappa shape index (κ2) is 9.09. The van der Waals surface area contributed by atoms with Crippen LogP contribution >= 0.6 is 0 Å². The van der Waals surface area contributed by atoms with Crippen molar-refractivity contribution in [2.75, 3.05) is 13.1 Å². The first-order valence-electron chi connectivity index (χ1n) is 11.1. The largest absolute Gasteiger partial charge is 0.457 e. The number of carbonyl (C=O) groups excluding carboxylic acids is 1. The van der Waals surface area contributed by atoms with Crippen molar-refractivity contribution in [3.63, 3.8) is 0 Å². The fourth-order valence-corrected chi connectivity index (χ4v) is 4.04. The van der Waals surface area contributed by atoms with Gasteiger partial charge in [0.2, 0.25) is 0 Å². The number of fused-ring (bicyclic) bond motifs is 2. The minimum Gasteiger partial charge on any atom is -0.457 e. The highest BCUT2D eigenvalue weighted by molar-refractivity contribution is 5.68. The maximum absolute atomic E-state index is 11.0. The molecule has 5 heteroatoms. The van der Waals surface area contributed by atoms with Crippen molar-refractivity contribution in [3.05, 3.63) is 53.1 Å². The van der Waals surface area contributed by atoms with Crippen molar-refractivity contribution in [2.24, 2.45) is 17.6 Å². The third-order valence-electron chi connectivity index (χ3n) is 5.90. The van der Waals surface area contributed by atoms with Crippen LogP contribution in [0.2, 0.25) is 0 Å². The summed E-state index contributed by atoms with van der Waals surface area (Å²) in [5, 5.41) is 0. The van der Waals surface area contributed by atoms with Crippen LogP contribution in [-0.4, -0.2) is 24.1 Å². The van der Waals surface area contributed by atoms with Gasteiger partial charge in [0.1, 0.15) is 17.2 Å². The first-order chi connectivity index (χ1) is 14.5. The zero-order chi connectivity index (χ0) is 21.1. The molecule has 5 nitrogen and oxygen atoms in total. The smallest absolute Gasteiger partial charge is 0.409 e. The third-order valence-corrected chi connectivity index (χ3v) is 5.90. The molecule has 0 atom stereocenters. The van der Waals surface area contributed by atoms with Gasteiger partial charge in [0.25, 0.3) is 0 Å². The van der Waals surface area contributed by atoms with Crippen LogP contribution in [0.3, 0.4) is 0 Å². The summed E-state index contributed by atoms with van der Waals surface area (Å²) >= 11 is 0. The van der Waals surface area contributed by atoms with Gasteiger partial charge in [-0.15, -0.1) is 0 Å². The molecule has 1 amide bonds. The van der Waals surface area contributed by atoms with Gasteiger partial charge in [-0.2, -0.15) is 0 Å². The lowest BCUT2D eigenvalue weighted by Crippen LogP contribution is -2.27. The molecule has 160 valence electrons. The second-order valence-electron chi connectivity index (χ2n) is 9.10. The van der Waals surface area contributed by atoms with Gasteiger partial charge in [0.15, 0.2) is 0 Å². The lowest BCUT2D eigenvalue weighted by molar-refractivity contribution is 0.211. The monoisotopic (exact) mass is 408 g/mol. The Morgan fingerprint density at radius 2 is 1.83 bits per heavy atom. The van der Waals surface area contributed by atoms with Crippen LogP contribution in [0.1, 0.15) is 49.8 Å². The number of hydrogen-bond acceptors (Lipinski definition) is 4. The van der Waals surface area contributed by atoms with Crippen LogP contribution in [-0.2, 0) is 19.4 Å². The van der Waals surface area contributed by atoms with Crippen LogP contribution in [0.4, 0.5) is 4.79 Å². The molecular formula is C25H32N2O3. The number of benzene rings is 2. The van der Waals surface area contributed by atoms with Gasteiger partial charge in [-0.1, -0.05) is 26.0 Å². The summed E-state index contributed by atoms with van der Waals surface area (Å²) in [6, 6.07) is 12.0. The summed E-state index contributed by atoms with van der Waals surface area (Å²) in [4.78, 5) is 13.7. The highest BCUT2D eigenvalue weighted by Gasteiger charge is 2.24. The number of hydrogen-bond donors (Lipinski definition) is 1.